The van der Waals surface area contributed by atoms with Crippen molar-refractivity contribution in [2.24, 2.45) is 0 Å². The Balaban J connectivity index is 1.82. The third-order valence-electron chi connectivity index (χ3n) is 5.01. The van der Waals surface area contributed by atoms with E-state index in [1.54, 1.807) is 30.2 Å². The standard InChI is InChI=1S/C21H24ClN3O5/c1-14-13-30-20(16-5-3-4-6-17(16)22)12-24(14)21(26)15-7-8-18(23-9-10-29-2)19(11-15)25(27)28/h3-8,11,14,20,23H,9-10,12-13H2,1-2H3. The van der Waals surface area contributed by atoms with Crippen LogP contribution in [-0.2, 0) is 9.47 Å². The number of carbonyl (C=O) groups is 1. The van der Waals surface area contributed by atoms with Crippen LogP contribution in [-0.4, -0.2) is 55.2 Å². The van der Waals surface area contributed by atoms with Crippen LogP contribution in [0.2, 0.25) is 5.02 Å². The van der Waals surface area contributed by atoms with E-state index in [-0.39, 0.29) is 29.3 Å². The van der Waals surface area contributed by atoms with E-state index >= 15 is 0 Å². The first-order valence-electron chi connectivity index (χ1n) is 9.60. The monoisotopic (exact) mass is 433 g/mol. The molecule has 2 unspecified atom stereocenters. The lowest BCUT2D eigenvalue weighted by molar-refractivity contribution is -0.384. The molecule has 1 amide bonds. The van der Waals surface area contributed by atoms with Crippen molar-refractivity contribution in [3.05, 3.63) is 68.7 Å². The van der Waals surface area contributed by atoms with Crippen LogP contribution in [0.5, 0.6) is 0 Å². The normalized spacial score (nSPS) is 18.8. The van der Waals surface area contributed by atoms with Crippen LogP contribution in [0.25, 0.3) is 0 Å². The van der Waals surface area contributed by atoms with Gasteiger partial charge in [-0.25, -0.2) is 0 Å². The number of amides is 1. The highest BCUT2D eigenvalue weighted by atomic mass is 35.5. The Morgan fingerprint density at radius 2 is 2.13 bits per heavy atom. The number of nitro benzene ring substituents is 1. The Morgan fingerprint density at radius 3 is 2.83 bits per heavy atom. The summed E-state index contributed by atoms with van der Waals surface area (Å²) >= 11 is 6.29. The Labute approximate surface area is 179 Å². The van der Waals surface area contributed by atoms with Crippen molar-refractivity contribution in [1.29, 1.82) is 0 Å². The van der Waals surface area contributed by atoms with Gasteiger partial charge in [-0.2, -0.15) is 0 Å². The molecule has 1 heterocycles. The minimum atomic E-state index is -0.499. The number of hydrogen-bond acceptors (Lipinski definition) is 6. The highest BCUT2D eigenvalue weighted by Gasteiger charge is 2.32. The summed E-state index contributed by atoms with van der Waals surface area (Å²) in [6, 6.07) is 11.6. The van der Waals surface area contributed by atoms with Gasteiger partial charge in [-0.15, -0.1) is 0 Å². The van der Waals surface area contributed by atoms with Crippen molar-refractivity contribution in [2.45, 2.75) is 19.1 Å². The van der Waals surface area contributed by atoms with Gasteiger partial charge in [-0.3, -0.25) is 14.9 Å². The Bertz CT molecular complexity index is 923. The second-order valence-electron chi connectivity index (χ2n) is 7.06. The molecule has 2 aromatic rings. The molecule has 9 heteroatoms. The fraction of sp³-hybridized carbons (Fsp3) is 0.381. The predicted octanol–water partition coefficient (Wildman–Crippen LogP) is 3.91. The van der Waals surface area contributed by atoms with E-state index in [0.29, 0.717) is 37.0 Å². The maximum absolute atomic E-state index is 13.2. The van der Waals surface area contributed by atoms with Gasteiger partial charge in [0.15, 0.2) is 0 Å². The van der Waals surface area contributed by atoms with Gasteiger partial charge in [0, 0.05) is 35.9 Å². The third kappa shape index (κ3) is 4.89. The molecule has 8 nitrogen and oxygen atoms in total. The molecule has 2 aromatic carbocycles. The first kappa shape index (κ1) is 22.0. The second-order valence-corrected chi connectivity index (χ2v) is 7.47. The molecule has 30 heavy (non-hydrogen) atoms. The average Bonchev–Trinajstić information content (AvgIpc) is 2.74. The summed E-state index contributed by atoms with van der Waals surface area (Å²) < 4.78 is 10.9. The highest BCUT2D eigenvalue weighted by molar-refractivity contribution is 6.31. The van der Waals surface area contributed by atoms with Crippen molar-refractivity contribution in [3.63, 3.8) is 0 Å². The summed E-state index contributed by atoms with van der Waals surface area (Å²) in [5, 5.41) is 15.1. The van der Waals surface area contributed by atoms with Gasteiger partial charge in [0.1, 0.15) is 11.8 Å². The molecule has 0 radical (unpaired) electrons. The molecule has 0 spiro atoms. The van der Waals surface area contributed by atoms with Gasteiger partial charge in [-0.1, -0.05) is 29.8 Å². The van der Waals surface area contributed by atoms with Crippen LogP contribution in [0.1, 0.15) is 28.9 Å². The van der Waals surface area contributed by atoms with Crippen LogP contribution < -0.4 is 5.32 Å². The van der Waals surface area contributed by atoms with E-state index in [1.165, 1.54) is 6.07 Å². The molecule has 3 rings (SSSR count). The maximum Gasteiger partial charge on any atom is 0.293 e. The zero-order valence-electron chi connectivity index (χ0n) is 16.8. The first-order valence-corrected chi connectivity index (χ1v) is 9.98. The lowest BCUT2D eigenvalue weighted by atomic mass is 10.0. The summed E-state index contributed by atoms with van der Waals surface area (Å²) in [5.41, 5.74) is 1.26. The van der Waals surface area contributed by atoms with Gasteiger partial charge in [-0.05, 0) is 25.1 Å². The minimum Gasteiger partial charge on any atom is -0.383 e. The predicted molar refractivity (Wildman–Crippen MR) is 114 cm³/mol. The first-order chi connectivity index (χ1) is 14.4. The maximum atomic E-state index is 13.2. The number of halogens is 1. The molecule has 1 fully saturated rings. The number of ether oxygens (including phenoxy) is 2. The Hall–Kier alpha value is -2.68. The summed E-state index contributed by atoms with van der Waals surface area (Å²) in [7, 11) is 1.55. The van der Waals surface area contributed by atoms with Crippen molar-refractivity contribution in [1.82, 2.24) is 4.90 Å². The van der Waals surface area contributed by atoms with E-state index in [9.17, 15) is 14.9 Å². The van der Waals surface area contributed by atoms with E-state index in [2.05, 4.69) is 5.32 Å². The Kier molecular flexibility index (Phi) is 7.25. The second kappa shape index (κ2) is 9.88. The summed E-state index contributed by atoms with van der Waals surface area (Å²) in [4.78, 5) is 25.9. The number of nitrogens with one attached hydrogen (secondary N) is 1. The minimum absolute atomic E-state index is 0.152. The number of nitrogens with zero attached hydrogens (tertiary/aromatic N) is 2. The summed E-state index contributed by atoms with van der Waals surface area (Å²) in [5.74, 6) is -0.283. The van der Waals surface area contributed by atoms with Crippen LogP contribution in [0, 0.1) is 10.1 Å². The van der Waals surface area contributed by atoms with Crippen molar-refractivity contribution in [2.75, 3.05) is 38.7 Å². The van der Waals surface area contributed by atoms with Crippen molar-refractivity contribution >= 4 is 28.9 Å². The number of methoxy groups -OCH3 is 1. The zero-order valence-corrected chi connectivity index (χ0v) is 17.6. The smallest absolute Gasteiger partial charge is 0.293 e. The molecule has 1 saturated heterocycles. The van der Waals surface area contributed by atoms with E-state index < -0.39 is 4.92 Å². The number of morpholine rings is 1. The zero-order chi connectivity index (χ0) is 21.7. The molecular formula is C21H24ClN3O5. The van der Waals surface area contributed by atoms with Crippen LogP contribution >= 0.6 is 11.6 Å². The van der Waals surface area contributed by atoms with Gasteiger partial charge in [0.2, 0.25) is 0 Å². The summed E-state index contributed by atoms with van der Waals surface area (Å²) in [6.45, 7) is 3.37. The SMILES string of the molecule is COCCNc1ccc(C(=O)N2CC(c3ccccc3Cl)OCC2C)cc1[N+](=O)[O-]. The van der Waals surface area contributed by atoms with Crippen molar-refractivity contribution < 1.29 is 19.2 Å². The Morgan fingerprint density at radius 1 is 1.37 bits per heavy atom. The molecule has 0 aliphatic carbocycles. The number of anilines is 1. The van der Waals surface area contributed by atoms with Crippen LogP contribution in [0.15, 0.2) is 42.5 Å². The number of benzene rings is 2. The third-order valence-corrected chi connectivity index (χ3v) is 5.35. The van der Waals surface area contributed by atoms with Crippen LogP contribution in [0.3, 0.4) is 0 Å². The largest absolute Gasteiger partial charge is 0.383 e. The highest BCUT2D eigenvalue weighted by Crippen LogP contribution is 2.32. The molecular weight excluding hydrogens is 410 g/mol. The quantitative estimate of drug-likeness (QED) is 0.404. The molecule has 1 aliphatic heterocycles. The van der Waals surface area contributed by atoms with E-state index in [4.69, 9.17) is 21.1 Å². The molecule has 0 bridgehead atoms. The fourth-order valence-corrected chi connectivity index (χ4v) is 3.64. The molecule has 1 aliphatic rings. The van der Waals surface area contributed by atoms with Gasteiger partial charge >= 0.3 is 0 Å². The lowest BCUT2D eigenvalue weighted by Crippen LogP contribution is -2.48. The van der Waals surface area contributed by atoms with Gasteiger partial charge in [0.05, 0.1) is 30.7 Å². The average molecular weight is 434 g/mol. The number of nitro groups is 1. The number of rotatable bonds is 7. The van der Waals surface area contributed by atoms with E-state index in [1.807, 2.05) is 25.1 Å². The van der Waals surface area contributed by atoms with Gasteiger partial charge < -0.3 is 19.7 Å². The van der Waals surface area contributed by atoms with E-state index in [0.717, 1.165) is 5.56 Å². The fourth-order valence-electron chi connectivity index (χ4n) is 3.38. The lowest BCUT2D eigenvalue weighted by Gasteiger charge is -2.38. The molecule has 0 aromatic heterocycles. The molecule has 1 N–H and O–H groups in total. The van der Waals surface area contributed by atoms with Crippen molar-refractivity contribution in [3.8, 4) is 0 Å². The summed E-state index contributed by atoms with van der Waals surface area (Å²) in [6.07, 6.45) is -0.358. The molecule has 0 saturated carbocycles. The molecule has 2 atom stereocenters. The van der Waals surface area contributed by atoms with Gasteiger partial charge in [0.25, 0.3) is 11.6 Å². The number of hydrogen-bond donors (Lipinski definition) is 1. The number of carbonyl (C=O) groups excluding carboxylic acids is 1. The molecule has 160 valence electrons. The topological polar surface area (TPSA) is 93.9 Å². The van der Waals surface area contributed by atoms with Crippen LogP contribution in [0.4, 0.5) is 11.4 Å².